The minimum Gasteiger partial charge on any atom is -0.383 e. The Morgan fingerprint density at radius 2 is 2.00 bits per heavy atom. The van der Waals surface area contributed by atoms with Crippen molar-refractivity contribution in [2.24, 2.45) is 11.7 Å². The average molecular weight is 240 g/mol. The van der Waals surface area contributed by atoms with E-state index in [-0.39, 0.29) is 5.54 Å². The first-order valence-corrected chi connectivity index (χ1v) is 7.24. The Labute approximate surface area is 106 Å². The van der Waals surface area contributed by atoms with Crippen LogP contribution in [-0.2, 0) is 4.74 Å². The van der Waals surface area contributed by atoms with Gasteiger partial charge in [-0.25, -0.2) is 0 Å². The first-order chi connectivity index (χ1) is 8.28. The third kappa shape index (κ3) is 2.83. The van der Waals surface area contributed by atoms with Crippen LogP contribution in [0.5, 0.6) is 0 Å². The van der Waals surface area contributed by atoms with Gasteiger partial charge in [0.2, 0.25) is 0 Å². The Balaban J connectivity index is 2.08. The van der Waals surface area contributed by atoms with Crippen molar-refractivity contribution in [3.63, 3.8) is 0 Å². The zero-order valence-electron chi connectivity index (χ0n) is 11.5. The number of unbranched alkanes of at least 4 members (excludes halogenated alkanes) is 1. The number of methoxy groups -OCH3 is 1. The second-order valence-corrected chi connectivity index (χ2v) is 5.79. The van der Waals surface area contributed by atoms with Crippen molar-refractivity contribution < 1.29 is 4.74 Å². The minimum absolute atomic E-state index is 0.144. The molecule has 1 atom stereocenters. The summed E-state index contributed by atoms with van der Waals surface area (Å²) in [7, 11) is 1.82. The number of hydrogen-bond acceptors (Lipinski definition) is 3. The van der Waals surface area contributed by atoms with Crippen LogP contribution in [0.2, 0.25) is 0 Å². The van der Waals surface area contributed by atoms with E-state index in [1.54, 1.807) is 0 Å². The molecule has 0 aromatic carbocycles. The maximum Gasteiger partial charge on any atom is 0.0661 e. The van der Waals surface area contributed by atoms with Crippen LogP contribution in [0.15, 0.2) is 0 Å². The lowest BCUT2D eigenvalue weighted by molar-refractivity contribution is -0.00722. The summed E-state index contributed by atoms with van der Waals surface area (Å²) in [5.74, 6) is 0.782. The number of ether oxygens (including phenoxy) is 1. The maximum absolute atomic E-state index is 6.15. The molecule has 0 saturated heterocycles. The predicted octanol–water partition coefficient (Wildman–Crippen LogP) is 2.00. The third-order valence-electron chi connectivity index (χ3n) is 4.40. The topological polar surface area (TPSA) is 38.5 Å². The minimum atomic E-state index is 0.144. The summed E-state index contributed by atoms with van der Waals surface area (Å²) >= 11 is 0. The van der Waals surface area contributed by atoms with Gasteiger partial charge in [-0.1, -0.05) is 13.3 Å². The van der Waals surface area contributed by atoms with E-state index in [9.17, 15) is 0 Å². The first-order valence-electron chi connectivity index (χ1n) is 7.24. The van der Waals surface area contributed by atoms with E-state index in [1.807, 2.05) is 7.11 Å². The molecule has 3 heteroatoms. The number of nitrogens with two attached hydrogens (primary N) is 1. The molecule has 2 N–H and O–H groups in total. The van der Waals surface area contributed by atoms with E-state index in [1.165, 1.54) is 45.1 Å². The van der Waals surface area contributed by atoms with E-state index in [4.69, 9.17) is 10.5 Å². The van der Waals surface area contributed by atoms with Gasteiger partial charge in [0.15, 0.2) is 0 Å². The highest BCUT2D eigenvalue weighted by atomic mass is 16.5. The van der Waals surface area contributed by atoms with Gasteiger partial charge in [-0.3, -0.25) is 4.90 Å². The summed E-state index contributed by atoms with van der Waals surface area (Å²) in [6, 6.07) is 0.792. The Morgan fingerprint density at radius 3 is 2.41 bits per heavy atom. The van der Waals surface area contributed by atoms with Crippen LogP contribution in [0.1, 0.15) is 45.4 Å². The highest BCUT2D eigenvalue weighted by molar-refractivity contribution is 5.07. The number of rotatable bonds is 9. The van der Waals surface area contributed by atoms with E-state index in [2.05, 4.69) is 11.8 Å². The molecule has 2 aliphatic rings. The van der Waals surface area contributed by atoms with Crippen LogP contribution in [0, 0.1) is 5.92 Å². The first kappa shape index (κ1) is 13.3. The lowest BCUT2D eigenvalue weighted by Gasteiger charge is -2.44. The van der Waals surface area contributed by atoms with Crippen molar-refractivity contribution >= 4 is 0 Å². The average Bonchev–Trinajstić information content (AvgIpc) is 3.19. The fourth-order valence-corrected chi connectivity index (χ4v) is 3.13. The highest BCUT2D eigenvalue weighted by Gasteiger charge is 2.51. The smallest absolute Gasteiger partial charge is 0.0661 e. The SMILES string of the molecule is CCCCN(C1CC1)C(CN)(COC)C1CC1. The summed E-state index contributed by atoms with van der Waals surface area (Å²) < 4.78 is 5.52. The van der Waals surface area contributed by atoms with Gasteiger partial charge in [0.1, 0.15) is 0 Å². The number of nitrogens with zero attached hydrogens (tertiary/aromatic N) is 1. The quantitative estimate of drug-likeness (QED) is 0.670. The Morgan fingerprint density at radius 1 is 1.29 bits per heavy atom. The Kier molecular flexibility index (Phi) is 4.45. The van der Waals surface area contributed by atoms with Gasteiger partial charge in [-0.2, -0.15) is 0 Å². The highest BCUT2D eigenvalue weighted by Crippen LogP contribution is 2.46. The van der Waals surface area contributed by atoms with Crippen molar-refractivity contribution in [2.45, 2.75) is 57.0 Å². The van der Waals surface area contributed by atoms with Gasteiger partial charge >= 0.3 is 0 Å². The van der Waals surface area contributed by atoms with Gasteiger partial charge < -0.3 is 10.5 Å². The molecule has 0 aromatic rings. The van der Waals surface area contributed by atoms with Gasteiger partial charge in [0.05, 0.1) is 12.1 Å². The van der Waals surface area contributed by atoms with Crippen LogP contribution < -0.4 is 5.73 Å². The zero-order valence-corrected chi connectivity index (χ0v) is 11.5. The second kappa shape index (κ2) is 5.68. The molecular formula is C14H28N2O. The molecule has 2 rings (SSSR count). The molecule has 3 nitrogen and oxygen atoms in total. The van der Waals surface area contributed by atoms with Crippen LogP contribution in [-0.4, -0.2) is 43.3 Å². The molecule has 0 spiro atoms. The van der Waals surface area contributed by atoms with Gasteiger partial charge in [-0.15, -0.1) is 0 Å². The van der Waals surface area contributed by atoms with E-state index >= 15 is 0 Å². The molecular weight excluding hydrogens is 212 g/mol. The molecule has 2 saturated carbocycles. The molecule has 100 valence electrons. The summed E-state index contributed by atoms with van der Waals surface area (Å²) in [5.41, 5.74) is 6.30. The molecule has 2 fully saturated rings. The van der Waals surface area contributed by atoms with Crippen LogP contribution in [0.4, 0.5) is 0 Å². The van der Waals surface area contributed by atoms with Crippen molar-refractivity contribution in [3.05, 3.63) is 0 Å². The third-order valence-corrected chi connectivity index (χ3v) is 4.40. The summed E-state index contributed by atoms with van der Waals surface area (Å²) in [5, 5.41) is 0. The number of hydrogen-bond donors (Lipinski definition) is 1. The fourth-order valence-electron chi connectivity index (χ4n) is 3.13. The molecule has 17 heavy (non-hydrogen) atoms. The standard InChI is InChI=1S/C14H28N2O/c1-3-4-9-16(13-7-8-13)14(10-15,11-17-2)12-5-6-12/h12-13H,3-11,15H2,1-2H3. The summed E-state index contributed by atoms with van der Waals surface area (Å²) in [6.07, 6.45) is 7.96. The molecule has 0 amide bonds. The molecule has 0 radical (unpaired) electrons. The van der Waals surface area contributed by atoms with Crippen LogP contribution in [0.25, 0.3) is 0 Å². The van der Waals surface area contributed by atoms with Crippen LogP contribution in [0.3, 0.4) is 0 Å². The van der Waals surface area contributed by atoms with Crippen LogP contribution >= 0.6 is 0 Å². The predicted molar refractivity (Wildman–Crippen MR) is 71.0 cm³/mol. The monoisotopic (exact) mass is 240 g/mol. The zero-order chi connectivity index (χ0) is 12.3. The Bertz CT molecular complexity index is 238. The van der Waals surface area contributed by atoms with Crippen molar-refractivity contribution in [3.8, 4) is 0 Å². The second-order valence-electron chi connectivity index (χ2n) is 5.79. The van der Waals surface area contributed by atoms with Crippen molar-refractivity contribution in [1.29, 1.82) is 0 Å². The normalized spacial score (nSPS) is 24.0. The summed E-state index contributed by atoms with van der Waals surface area (Å²) in [4.78, 5) is 2.71. The Hall–Kier alpha value is -0.120. The molecule has 1 unspecified atom stereocenters. The fraction of sp³-hybridized carbons (Fsp3) is 1.00. The lowest BCUT2D eigenvalue weighted by atomic mass is 9.91. The van der Waals surface area contributed by atoms with Gasteiger partial charge in [0.25, 0.3) is 0 Å². The largest absolute Gasteiger partial charge is 0.383 e. The molecule has 2 aliphatic carbocycles. The van der Waals surface area contributed by atoms with Crippen molar-refractivity contribution in [1.82, 2.24) is 4.90 Å². The van der Waals surface area contributed by atoms with Gasteiger partial charge in [0, 0.05) is 19.7 Å². The van der Waals surface area contributed by atoms with Gasteiger partial charge in [-0.05, 0) is 44.6 Å². The van der Waals surface area contributed by atoms with E-state index in [0.717, 1.165) is 25.1 Å². The molecule has 0 aromatic heterocycles. The molecule has 0 heterocycles. The van der Waals surface area contributed by atoms with E-state index in [0.29, 0.717) is 0 Å². The molecule has 0 bridgehead atoms. The van der Waals surface area contributed by atoms with Crippen molar-refractivity contribution in [2.75, 3.05) is 26.8 Å². The molecule has 0 aliphatic heterocycles. The maximum atomic E-state index is 6.15. The lowest BCUT2D eigenvalue weighted by Crippen LogP contribution is -2.59. The van der Waals surface area contributed by atoms with E-state index < -0.39 is 0 Å². The summed E-state index contributed by atoms with van der Waals surface area (Å²) in [6.45, 7) is 5.04.